The second-order valence-electron chi connectivity index (χ2n) is 7.04. The van der Waals surface area contributed by atoms with Crippen LogP contribution in [-0.2, 0) is 11.2 Å². The van der Waals surface area contributed by atoms with Crippen LogP contribution in [0.25, 0.3) is 0 Å². The first-order valence-corrected chi connectivity index (χ1v) is 9.88. The van der Waals surface area contributed by atoms with Gasteiger partial charge in [0.05, 0.1) is 25.4 Å². The van der Waals surface area contributed by atoms with Crippen LogP contribution in [0.4, 0.5) is 17.3 Å². The fraction of sp³-hybridized carbons (Fsp3) is 0.273. The average molecular weight is 404 g/mol. The zero-order valence-electron chi connectivity index (χ0n) is 16.9. The monoisotopic (exact) mass is 404 g/mol. The van der Waals surface area contributed by atoms with Gasteiger partial charge in [-0.2, -0.15) is 0 Å². The van der Waals surface area contributed by atoms with Gasteiger partial charge in [-0.25, -0.2) is 0 Å². The summed E-state index contributed by atoms with van der Waals surface area (Å²) in [7, 11) is 1.63. The van der Waals surface area contributed by atoms with Gasteiger partial charge in [0.2, 0.25) is 5.91 Å². The molecule has 1 aliphatic rings. The molecule has 0 atom stereocenters. The van der Waals surface area contributed by atoms with E-state index in [2.05, 4.69) is 25.4 Å². The third-order valence-corrected chi connectivity index (χ3v) is 5.06. The van der Waals surface area contributed by atoms with E-state index in [0.29, 0.717) is 25.3 Å². The fourth-order valence-electron chi connectivity index (χ4n) is 3.36. The molecule has 0 unspecified atom stereocenters. The predicted molar refractivity (Wildman–Crippen MR) is 115 cm³/mol. The Bertz CT molecular complexity index is 955. The molecule has 0 saturated carbocycles. The molecule has 3 aromatic rings. The molecule has 154 valence electrons. The van der Waals surface area contributed by atoms with Gasteiger partial charge in [-0.05, 0) is 42.0 Å². The Morgan fingerprint density at radius 2 is 1.83 bits per heavy atom. The first kappa shape index (κ1) is 19.6. The summed E-state index contributed by atoms with van der Waals surface area (Å²) >= 11 is 0. The van der Waals surface area contributed by atoms with Gasteiger partial charge in [-0.15, -0.1) is 10.2 Å². The highest BCUT2D eigenvalue weighted by Crippen LogP contribution is 2.18. The van der Waals surface area contributed by atoms with Crippen LogP contribution in [0.2, 0.25) is 0 Å². The Morgan fingerprint density at radius 1 is 1.03 bits per heavy atom. The molecule has 0 bridgehead atoms. The van der Waals surface area contributed by atoms with Gasteiger partial charge in [-0.1, -0.05) is 12.1 Å². The molecule has 1 aliphatic heterocycles. The molecule has 1 amide bonds. The highest BCUT2D eigenvalue weighted by Gasteiger charge is 2.22. The van der Waals surface area contributed by atoms with E-state index in [4.69, 9.17) is 4.74 Å². The molecule has 1 fully saturated rings. The summed E-state index contributed by atoms with van der Waals surface area (Å²) < 4.78 is 5.16. The van der Waals surface area contributed by atoms with Crippen LogP contribution in [0.3, 0.4) is 0 Å². The summed E-state index contributed by atoms with van der Waals surface area (Å²) in [4.78, 5) is 20.7. The molecule has 0 spiro atoms. The first-order chi connectivity index (χ1) is 14.7. The molecule has 0 aliphatic carbocycles. The number of nitrogens with zero attached hydrogens (tertiary/aromatic N) is 5. The van der Waals surface area contributed by atoms with Crippen molar-refractivity contribution in [3.8, 4) is 5.75 Å². The van der Waals surface area contributed by atoms with Crippen molar-refractivity contribution in [2.75, 3.05) is 43.5 Å². The van der Waals surface area contributed by atoms with Crippen LogP contribution in [0.15, 0.2) is 60.9 Å². The standard InChI is InChI=1S/C22H24N6O2/c1-30-19-6-4-17(5-7-19)15-22(29)28-13-11-27(12-14-28)21-9-8-20(25-26-21)24-18-3-2-10-23-16-18/h2-10,16H,11-15H2,1H3,(H,24,25). The van der Waals surface area contributed by atoms with E-state index in [1.807, 2.05) is 53.4 Å². The van der Waals surface area contributed by atoms with Crippen LogP contribution in [0.5, 0.6) is 5.75 Å². The Labute approximate surface area is 175 Å². The van der Waals surface area contributed by atoms with Crippen molar-refractivity contribution >= 4 is 23.2 Å². The number of amides is 1. The number of methoxy groups -OCH3 is 1. The minimum absolute atomic E-state index is 0.141. The molecular weight excluding hydrogens is 380 g/mol. The largest absolute Gasteiger partial charge is 0.497 e. The Morgan fingerprint density at radius 3 is 2.47 bits per heavy atom. The number of hydrogen-bond donors (Lipinski definition) is 1. The van der Waals surface area contributed by atoms with Gasteiger partial charge in [-0.3, -0.25) is 9.78 Å². The lowest BCUT2D eigenvalue weighted by Crippen LogP contribution is -2.49. The van der Waals surface area contributed by atoms with Gasteiger partial charge >= 0.3 is 0 Å². The van der Waals surface area contributed by atoms with E-state index in [1.165, 1.54) is 0 Å². The Hall–Kier alpha value is -3.68. The second-order valence-corrected chi connectivity index (χ2v) is 7.04. The molecule has 1 aromatic carbocycles. The van der Waals surface area contributed by atoms with Crippen LogP contribution in [-0.4, -0.2) is 59.3 Å². The minimum Gasteiger partial charge on any atom is -0.497 e. The second kappa shape index (κ2) is 9.21. The number of carbonyl (C=O) groups is 1. The third kappa shape index (κ3) is 4.83. The number of rotatable bonds is 6. The number of benzene rings is 1. The van der Waals surface area contributed by atoms with E-state index in [1.54, 1.807) is 19.5 Å². The lowest BCUT2D eigenvalue weighted by Gasteiger charge is -2.35. The number of aromatic nitrogens is 3. The van der Waals surface area contributed by atoms with Gasteiger partial charge in [0.1, 0.15) is 5.75 Å². The maximum Gasteiger partial charge on any atom is 0.227 e. The molecule has 30 heavy (non-hydrogen) atoms. The van der Waals surface area contributed by atoms with E-state index in [9.17, 15) is 4.79 Å². The SMILES string of the molecule is COc1ccc(CC(=O)N2CCN(c3ccc(Nc4cccnc4)nn3)CC2)cc1. The highest BCUT2D eigenvalue weighted by atomic mass is 16.5. The van der Waals surface area contributed by atoms with Crippen molar-refractivity contribution in [3.63, 3.8) is 0 Å². The average Bonchev–Trinajstić information content (AvgIpc) is 2.81. The van der Waals surface area contributed by atoms with Crippen molar-refractivity contribution in [2.24, 2.45) is 0 Å². The first-order valence-electron chi connectivity index (χ1n) is 9.88. The minimum atomic E-state index is 0.141. The van der Waals surface area contributed by atoms with Crippen LogP contribution in [0.1, 0.15) is 5.56 Å². The quantitative estimate of drug-likeness (QED) is 0.676. The summed E-state index contributed by atoms with van der Waals surface area (Å²) in [5.41, 5.74) is 1.86. The highest BCUT2D eigenvalue weighted by molar-refractivity contribution is 5.79. The van der Waals surface area contributed by atoms with E-state index < -0.39 is 0 Å². The zero-order valence-corrected chi connectivity index (χ0v) is 16.9. The van der Waals surface area contributed by atoms with Gasteiger partial charge < -0.3 is 19.9 Å². The molecule has 4 rings (SSSR count). The van der Waals surface area contributed by atoms with Crippen LogP contribution < -0.4 is 15.0 Å². The Balaban J connectivity index is 1.28. The Kier molecular flexibility index (Phi) is 6.03. The number of pyridine rings is 1. The smallest absolute Gasteiger partial charge is 0.227 e. The summed E-state index contributed by atoms with van der Waals surface area (Å²) in [6.07, 6.45) is 3.86. The van der Waals surface area contributed by atoms with E-state index in [-0.39, 0.29) is 5.91 Å². The van der Waals surface area contributed by atoms with Gasteiger partial charge in [0.15, 0.2) is 11.6 Å². The molecule has 1 N–H and O–H groups in total. The summed E-state index contributed by atoms with van der Waals surface area (Å²) in [5.74, 6) is 2.42. The summed E-state index contributed by atoms with van der Waals surface area (Å²) in [6, 6.07) is 15.3. The topological polar surface area (TPSA) is 83.5 Å². The van der Waals surface area contributed by atoms with Crippen molar-refractivity contribution < 1.29 is 9.53 Å². The van der Waals surface area contributed by atoms with Crippen molar-refractivity contribution in [2.45, 2.75) is 6.42 Å². The van der Waals surface area contributed by atoms with E-state index >= 15 is 0 Å². The molecule has 8 heteroatoms. The van der Waals surface area contributed by atoms with Crippen LogP contribution >= 0.6 is 0 Å². The summed E-state index contributed by atoms with van der Waals surface area (Å²) in [6.45, 7) is 2.82. The lowest BCUT2D eigenvalue weighted by atomic mass is 10.1. The lowest BCUT2D eigenvalue weighted by molar-refractivity contribution is -0.130. The third-order valence-electron chi connectivity index (χ3n) is 5.06. The number of nitrogens with one attached hydrogen (secondary N) is 1. The number of piperazine rings is 1. The van der Waals surface area contributed by atoms with E-state index in [0.717, 1.165) is 35.9 Å². The van der Waals surface area contributed by atoms with Crippen molar-refractivity contribution in [1.82, 2.24) is 20.1 Å². The molecule has 3 heterocycles. The number of ether oxygens (including phenoxy) is 1. The molecular formula is C22H24N6O2. The predicted octanol–water partition coefficient (Wildman–Crippen LogP) is 2.52. The van der Waals surface area contributed by atoms with Crippen molar-refractivity contribution in [1.29, 1.82) is 0 Å². The maximum atomic E-state index is 12.6. The molecule has 0 radical (unpaired) electrons. The van der Waals surface area contributed by atoms with Crippen molar-refractivity contribution in [3.05, 3.63) is 66.5 Å². The zero-order chi connectivity index (χ0) is 20.8. The number of anilines is 3. The van der Waals surface area contributed by atoms with Gasteiger partial charge in [0, 0.05) is 32.4 Å². The fourth-order valence-corrected chi connectivity index (χ4v) is 3.36. The summed E-state index contributed by atoms with van der Waals surface area (Å²) in [5, 5.41) is 11.8. The molecule has 8 nitrogen and oxygen atoms in total. The van der Waals surface area contributed by atoms with Crippen LogP contribution in [0, 0.1) is 0 Å². The normalized spacial score (nSPS) is 13.8. The number of hydrogen-bond acceptors (Lipinski definition) is 7. The maximum absolute atomic E-state index is 12.6. The van der Waals surface area contributed by atoms with Gasteiger partial charge in [0.25, 0.3) is 0 Å². The number of carbonyl (C=O) groups excluding carboxylic acids is 1. The molecule has 1 saturated heterocycles. The molecule has 2 aromatic heterocycles.